The molecule has 86 valence electrons. The fraction of sp³-hybridized carbons (Fsp3) is 0.0769. The van der Waals surface area contributed by atoms with E-state index < -0.39 is 5.24 Å². The lowest BCUT2D eigenvalue weighted by molar-refractivity contribution is -0.115. The summed E-state index contributed by atoms with van der Waals surface area (Å²) in [6.45, 7) is 1.34. The lowest BCUT2D eigenvalue weighted by Gasteiger charge is -2.18. The zero-order valence-corrected chi connectivity index (χ0v) is 10.1. The molecule has 0 aliphatic carbocycles. The second kappa shape index (κ2) is 4.59. The van der Waals surface area contributed by atoms with Gasteiger partial charge in [0.1, 0.15) is 0 Å². The van der Waals surface area contributed by atoms with Crippen molar-refractivity contribution in [3.63, 3.8) is 0 Å². The number of anilines is 1. The molecule has 2 aromatic rings. The van der Waals surface area contributed by atoms with Gasteiger partial charge in [-0.2, -0.15) is 0 Å². The second-order valence-corrected chi connectivity index (χ2v) is 4.02. The van der Waals surface area contributed by atoms with Crippen LogP contribution < -0.4 is 4.90 Å². The summed E-state index contributed by atoms with van der Waals surface area (Å²) >= 11 is 3.74. The molecule has 0 N–H and O–H groups in total. The Kier molecular flexibility index (Phi) is 3.15. The minimum absolute atomic E-state index is 0.346. The molecule has 0 aromatic heterocycles. The SMILES string of the molecule is CC(=O)N(C(=O)S)c1cccc2ccccc12. The molecule has 0 fully saturated rings. The van der Waals surface area contributed by atoms with Gasteiger partial charge in [-0.1, -0.05) is 49.0 Å². The Morgan fingerprint density at radius 2 is 1.71 bits per heavy atom. The van der Waals surface area contributed by atoms with E-state index in [1.54, 1.807) is 6.07 Å². The van der Waals surface area contributed by atoms with Crippen LogP contribution in [0.1, 0.15) is 6.92 Å². The van der Waals surface area contributed by atoms with Crippen molar-refractivity contribution in [2.75, 3.05) is 4.90 Å². The van der Waals surface area contributed by atoms with Crippen molar-refractivity contribution in [1.29, 1.82) is 0 Å². The molecule has 0 unspecified atom stereocenters. The number of thiol groups is 1. The molecule has 2 aromatic carbocycles. The fourth-order valence-corrected chi connectivity index (χ4v) is 2.06. The first-order chi connectivity index (χ1) is 8.11. The van der Waals surface area contributed by atoms with E-state index in [0.29, 0.717) is 5.69 Å². The molecule has 0 saturated carbocycles. The zero-order valence-electron chi connectivity index (χ0n) is 9.25. The molecule has 2 rings (SSSR count). The minimum atomic E-state index is -0.575. The van der Waals surface area contributed by atoms with Crippen molar-refractivity contribution in [1.82, 2.24) is 0 Å². The molecule has 0 aliphatic heterocycles. The molecule has 17 heavy (non-hydrogen) atoms. The van der Waals surface area contributed by atoms with Crippen LogP contribution in [0.15, 0.2) is 42.5 Å². The average molecular weight is 245 g/mol. The Morgan fingerprint density at radius 1 is 1.06 bits per heavy atom. The Hall–Kier alpha value is -1.81. The molecule has 4 heteroatoms. The highest BCUT2D eigenvalue weighted by Crippen LogP contribution is 2.27. The average Bonchev–Trinajstić information content (AvgIpc) is 2.28. The molecule has 3 nitrogen and oxygen atoms in total. The summed E-state index contributed by atoms with van der Waals surface area (Å²) in [7, 11) is 0. The van der Waals surface area contributed by atoms with E-state index in [4.69, 9.17) is 0 Å². The van der Waals surface area contributed by atoms with Crippen LogP contribution in [0.3, 0.4) is 0 Å². The highest BCUT2D eigenvalue weighted by Gasteiger charge is 2.18. The lowest BCUT2D eigenvalue weighted by atomic mass is 10.1. The number of hydrogen-bond acceptors (Lipinski definition) is 2. The van der Waals surface area contributed by atoms with E-state index in [2.05, 4.69) is 12.6 Å². The molecular formula is C13H11NO2S. The van der Waals surface area contributed by atoms with Crippen molar-refractivity contribution < 1.29 is 9.59 Å². The van der Waals surface area contributed by atoms with Crippen LogP contribution >= 0.6 is 12.6 Å². The van der Waals surface area contributed by atoms with E-state index in [-0.39, 0.29) is 5.91 Å². The Morgan fingerprint density at radius 3 is 2.35 bits per heavy atom. The molecule has 0 aliphatic rings. The minimum Gasteiger partial charge on any atom is -0.274 e. The van der Waals surface area contributed by atoms with Gasteiger partial charge in [0.2, 0.25) is 5.91 Å². The number of fused-ring (bicyclic) bond motifs is 1. The van der Waals surface area contributed by atoms with E-state index in [0.717, 1.165) is 15.7 Å². The van der Waals surface area contributed by atoms with Crippen LogP contribution in [0.2, 0.25) is 0 Å². The third kappa shape index (κ3) is 2.17. The maximum atomic E-state index is 11.5. The van der Waals surface area contributed by atoms with Gasteiger partial charge in [0, 0.05) is 12.3 Å². The topological polar surface area (TPSA) is 37.4 Å². The summed E-state index contributed by atoms with van der Waals surface area (Å²) in [4.78, 5) is 23.9. The zero-order chi connectivity index (χ0) is 12.4. The number of benzene rings is 2. The predicted octanol–water partition coefficient (Wildman–Crippen LogP) is 3.24. The van der Waals surface area contributed by atoms with E-state index in [1.807, 2.05) is 36.4 Å². The predicted molar refractivity (Wildman–Crippen MR) is 71.5 cm³/mol. The highest BCUT2D eigenvalue weighted by atomic mass is 32.1. The van der Waals surface area contributed by atoms with Crippen molar-refractivity contribution >= 4 is 40.2 Å². The molecule has 0 heterocycles. The summed E-state index contributed by atoms with van der Waals surface area (Å²) in [5, 5.41) is 1.26. The summed E-state index contributed by atoms with van der Waals surface area (Å²) in [6.07, 6.45) is 0. The largest absolute Gasteiger partial charge is 0.289 e. The summed E-state index contributed by atoms with van der Waals surface area (Å²) in [6, 6.07) is 13.1. The van der Waals surface area contributed by atoms with Gasteiger partial charge in [-0.3, -0.25) is 9.59 Å². The number of carbonyl (C=O) groups is 2. The first-order valence-electron chi connectivity index (χ1n) is 5.12. The van der Waals surface area contributed by atoms with Crippen LogP contribution in [0, 0.1) is 0 Å². The number of amides is 2. The maximum Gasteiger partial charge on any atom is 0.289 e. The molecule has 0 spiro atoms. The monoisotopic (exact) mass is 245 g/mol. The highest BCUT2D eigenvalue weighted by molar-refractivity contribution is 7.97. The summed E-state index contributed by atoms with van der Waals surface area (Å²) in [5.41, 5.74) is 0.565. The van der Waals surface area contributed by atoms with Gasteiger partial charge in [-0.05, 0) is 11.5 Å². The second-order valence-electron chi connectivity index (χ2n) is 3.64. The molecule has 0 radical (unpaired) electrons. The third-order valence-electron chi connectivity index (χ3n) is 2.51. The number of imide groups is 1. The van der Waals surface area contributed by atoms with E-state index in [9.17, 15) is 9.59 Å². The Labute approximate surface area is 104 Å². The van der Waals surface area contributed by atoms with Gasteiger partial charge in [0.05, 0.1) is 5.69 Å². The lowest BCUT2D eigenvalue weighted by Crippen LogP contribution is -2.30. The van der Waals surface area contributed by atoms with Crippen molar-refractivity contribution in [2.45, 2.75) is 6.92 Å². The van der Waals surface area contributed by atoms with Crippen molar-refractivity contribution in [3.8, 4) is 0 Å². The van der Waals surface area contributed by atoms with Gasteiger partial charge in [0.25, 0.3) is 5.24 Å². The molecule has 0 bridgehead atoms. The molecule has 2 amide bonds. The van der Waals surface area contributed by atoms with Gasteiger partial charge in [0.15, 0.2) is 0 Å². The smallest absolute Gasteiger partial charge is 0.274 e. The number of carbonyl (C=O) groups excluding carboxylic acids is 2. The van der Waals surface area contributed by atoms with E-state index in [1.165, 1.54) is 6.92 Å². The standard InChI is InChI=1S/C13H11NO2S/c1-9(15)14(13(16)17)12-8-4-6-10-5-2-3-7-11(10)12/h2-8H,1H3,(H,16,17). The third-order valence-corrected chi connectivity index (χ3v) is 2.71. The molecule has 0 saturated heterocycles. The van der Waals surface area contributed by atoms with Crippen LogP contribution in [0.5, 0.6) is 0 Å². The van der Waals surface area contributed by atoms with Gasteiger partial charge < -0.3 is 0 Å². The van der Waals surface area contributed by atoms with Crippen LogP contribution in [0.4, 0.5) is 10.5 Å². The Balaban J connectivity index is 2.69. The van der Waals surface area contributed by atoms with E-state index >= 15 is 0 Å². The maximum absolute atomic E-state index is 11.5. The molecule has 0 atom stereocenters. The summed E-state index contributed by atoms with van der Waals surface area (Å²) < 4.78 is 0. The molecular weight excluding hydrogens is 234 g/mol. The quantitative estimate of drug-likeness (QED) is 0.783. The fourth-order valence-electron chi connectivity index (χ4n) is 1.81. The first-order valence-corrected chi connectivity index (χ1v) is 5.57. The number of nitrogens with zero attached hydrogens (tertiary/aromatic N) is 1. The van der Waals surface area contributed by atoms with Crippen LogP contribution in [0.25, 0.3) is 10.8 Å². The number of hydrogen-bond donors (Lipinski definition) is 1. The summed E-state index contributed by atoms with van der Waals surface area (Å²) in [5.74, 6) is -0.346. The van der Waals surface area contributed by atoms with Gasteiger partial charge >= 0.3 is 0 Å². The Bertz CT molecular complexity index is 575. The van der Waals surface area contributed by atoms with Crippen LogP contribution in [-0.2, 0) is 4.79 Å². The van der Waals surface area contributed by atoms with Crippen molar-refractivity contribution in [3.05, 3.63) is 42.5 Å². The number of rotatable bonds is 1. The first kappa shape index (κ1) is 11.7. The normalized spacial score (nSPS) is 10.2. The van der Waals surface area contributed by atoms with Crippen LogP contribution in [-0.4, -0.2) is 11.1 Å². The van der Waals surface area contributed by atoms with Gasteiger partial charge in [-0.15, -0.1) is 0 Å². The van der Waals surface area contributed by atoms with Gasteiger partial charge in [-0.25, -0.2) is 4.90 Å². The van der Waals surface area contributed by atoms with Crippen molar-refractivity contribution in [2.24, 2.45) is 0 Å².